The Labute approximate surface area is 179 Å². The van der Waals surface area contributed by atoms with E-state index in [1.807, 2.05) is 45.7 Å². The predicted octanol–water partition coefficient (Wildman–Crippen LogP) is 3.89. The molecule has 0 aromatic carbocycles. The Morgan fingerprint density at radius 2 is 2.07 bits per heavy atom. The maximum absolute atomic E-state index is 12.4. The second-order valence-electron chi connectivity index (χ2n) is 8.47. The molecule has 1 aliphatic heterocycles. The minimum atomic E-state index is -0.457. The molecule has 1 saturated heterocycles. The topological polar surface area (TPSA) is 70.1 Å². The van der Waals surface area contributed by atoms with Gasteiger partial charge in [0.25, 0.3) is 0 Å². The van der Waals surface area contributed by atoms with Gasteiger partial charge in [-0.15, -0.1) is 11.3 Å². The molecule has 1 fully saturated rings. The van der Waals surface area contributed by atoms with Crippen LogP contribution in [0.3, 0.4) is 0 Å². The third-order valence-electron chi connectivity index (χ3n) is 4.81. The maximum Gasteiger partial charge on any atom is 0.410 e. The van der Waals surface area contributed by atoms with Crippen molar-refractivity contribution in [2.45, 2.75) is 66.5 Å². The molecule has 0 radical (unpaired) electrons. The number of carbonyl (C=O) groups is 1. The molecule has 0 saturated carbocycles. The molecule has 1 aromatic rings. The van der Waals surface area contributed by atoms with E-state index in [0.717, 1.165) is 50.0 Å². The number of guanidine groups is 1. The van der Waals surface area contributed by atoms with E-state index in [9.17, 15) is 4.79 Å². The molecular weight excluding hydrogens is 386 g/mol. The van der Waals surface area contributed by atoms with E-state index in [4.69, 9.17) is 9.73 Å². The Morgan fingerprint density at radius 3 is 2.59 bits per heavy atom. The van der Waals surface area contributed by atoms with Gasteiger partial charge in [-0.2, -0.15) is 0 Å². The summed E-state index contributed by atoms with van der Waals surface area (Å²) in [7, 11) is 0. The fourth-order valence-electron chi connectivity index (χ4n) is 3.36. The molecule has 0 aliphatic carbocycles. The van der Waals surface area contributed by atoms with Gasteiger partial charge in [0, 0.05) is 43.8 Å². The number of nitrogens with one attached hydrogen (secondary N) is 1. The van der Waals surface area contributed by atoms with E-state index in [-0.39, 0.29) is 6.09 Å². The van der Waals surface area contributed by atoms with Gasteiger partial charge in [0.2, 0.25) is 0 Å². The number of likely N-dealkylation sites (tertiary alicyclic amines) is 1. The van der Waals surface area contributed by atoms with Crippen LogP contribution < -0.4 is 5.32 Å². The monoisotopic (exact) mass is 423 g/mol. The van der Waals surface area contributed by atoms with Crippen molar-refractivity contribution in [3.05, 3.63) is 16.1 Å². The number of carbonyl (C=O) groups excluding carboxylic acids is 1. The van der Waals surface area contributed by atoms with Crippen molar-refractivity contribution in [2.75, 3.05) is 32.7 Å². The Balaban J connectivity index is 1.88. The summed E-state index contributed by atoms with van der Waals surface area (Å²) in [6, 6.07) is 0. The van der Waals surface area contributed by atoms with E-state index >= 15 is 0 Å². The summed E-state index contributed by atoms with van der Waals surface area (Å²) >= 11 is 1.70. The van der Waals surface area contributed by atoms with Crippen LogP contribution in [-0.2, 0) is 11.3 Å². The van der Waals surface area contributed by atoms with Crippen LogP contribution in [0.4, 0.5) is 4.79 Å². The van der Waals surface area contributed by atoms with E-state index in [0.29, 0.717) is 19.0 Å². The number of aliphatic imine (C=N–C) groups is 1. The van der Waals surface area contributed by atoms with Gasteiger partial charge in [0.1, 0.15) is 5.60 Å². The van der Waals surface area contributed by atoms with Gasteiger partial charge in [-0.1, -0.05) is 0 Å². The number of aromatic nitrogens is 1. The summed E-state index contributed by atoms with van der Waals surface area (Å²) in [5.41, 5.74) is -0.457. The number of ether oxygens (including phenoxy) is 1. The number of nitrogens with zero attached hydrogens (tertiary/aromatic N) is 4. The smallest absolute Gasteiger partial charge is 0.410 e. The molecule has 1 aromatic heterocycles. The van der Waals surface area contributed by atoms with Gasteiger partial charge in [-0.05, 0) is 60.3 Å². The Morgan fingerprint density at radius 1 is 1.38 bits per heavy atom. The van der Waals surface area contributed by atoms with Crippen molar-refractivity contribution in [1.82, 2.24) is 20.1 Å². The van der Waals surface area contributed by atoms with Crippen LogP contribution in [0.25, 0.3) is 0 Å². The van der Waals surface area contributed by atoms with Crippen LogP contribution in [0.1, 0.15) is 57.3 Å². The number of piperidine rings is 1. The SMILES string of the molecule is CCNC(=NCc1cnc(C)s1)N1CCC(CN(CC)C(=O)OC(C)(C)C)CC1. The van der Waals surface area contributed by atoms with Crippen molar-refractivity contribution >= 4 is 23.4 Å². The number of thiazole rings is 1. The van der Waals surface area contributed by atoms with Crippen molar-refractivity contribution in [1.29, 1.82) is 0 Å². The molecule has 1 aliphatic rings. The Kier molecular flexibility index (Phi) is 8.74. The number of hydrogen-bond acceptors (Lipinski definition) is 5. The van der Waals surface area contributed by atoms with Gasteiger partial charge in [0.15, 0.2) is 5.96 Å². The quantitative estimate of drug-likeness (QED) is 0.555. The van der Waals surface area contributed by atoms with E-state index in [2.05, 4.69) is 22.1 Å². The average molecular weight is 424 g/mol. The second kappa shape index (κ2) is 10.8. The zero-order valence-corrected chi connectivity index (χ0v) is 19.6. The number of aryl methyl sites for hydroxylation is 1. The molecule has 1 N–H and O–H groups in total. The average Bonchev–Trinajstić information content (AvgIpc) is 3.07. The fourth-order valence-corrected chi connectivity index (χ4v) is 4.07. The first-order chi connectivity index (χ1) is 13.7. The Hall–Kier alpha value is -1.83. The van der Waals surface area contributed by atoms with Gasteiger partial charge >= 0.3 is 6.09 Å². The normalized spacial score (nSPS) is 16.1. The summed E-state index contributed by atoms with van der Waals surface area (Å²) in [6.45, 7) is 16.7. The van der Waals surface area contributed by atoms with Crippen LogP contribution in [0, 0.1) is 12.8 Å². The van der Waals surface area contributed by atoms with Crippen molar-refractivity contribution in [3.63, 3.8) is 0 Å². The zero-order valence-electron chi connectivity index (χ0n) is 18.8. The molecule has 8 heteroatoms. The third kappa shape index (κ3) is 7.84. The molecule has 0 unspecified atom stereocenters. The van der Waals surface area contributed by atoms with Gasteiger partial charge in [0.05, 0.1) is 11.6 Å². The molecule has 0 bridgehead atoms. The van der Waals surface area contributed by atoms with Crippen molar-refractivity contribution < 1.29 is 9.53 Å². The highest BCUT2D eigenvalue weighted by atomic mass is 32.1. The van der Waals surface area contributed by atoms with E-state index < -0.39 is 5.60 Å². The number of hydrogen-bond donors (Lipinski definition) is 1. The molecule has 2 heterocycles. The molecule has 29 heavy (non-hydrogen) atoms. The summed E-state index contributed by atoms with van der Waals surface area (Å²) in [5, 5.41) is 4.49. The highest BCUT2D eigenvalue weighted by Gasteiger charge is 2.27. The van der Waals surface area contributed by atoms with Crippen LogP contribution in [0.2, 0.25) is 0 Å². The van der Waals surface area contributed by atoms with Gasteiger partial charge in [-0.25, -0.2) is 14.8 Å². The third-order valence-corrected chi connectivity index (χ3v) is 5.71. The second-order valence-corrected chi connectivity index (χ2v) is 9.78. The highest BCUT2D eigenvalue weighted by Crippen LogP contribution is 2.20. The van der Waals surface area contributed by atoms with E-state index in [1.54, 1.807) is 11.3 Å². The van der Waals surface area contributed by atoms with Crippen molar-refractivity contribution in [3.8, 4) is 0 Å². The van der Waals surface area contributed by atoms with Crippen LogP contribution in [0.5, 0.6) is 0 Å². The van der Waals surface area contributed by atoms with Crippen LogP contribution in [0.15, 0.2) is 11.2 Å². The largest absolute Gasteiger partial charge is 0.444 e. The lowest BCUT2D eigenvalue weighted by Gasteiger charge is -2.36. The first kappa shape index (κ1) is 23.4. The summed E-state index contributed by atoms with van der Waals surface area (Å²) in [4.78, 5) is 26.9. The lowest BCUT2D eigenvalue weighted by molar-refractivity contribution is 0.0214. The molecule has 1 amide bonds. The predicted molar refractivity (Wildman–Crippen MR) is 119 cm³/mol. The summed E-state index contributed by atoms with van der Waals surface area (Å²) in [6.07, 6.45) is 3.79. The molecule has 164 valence electrons. The summed E-state index contributed by atoms with van der Waals surface area (Å²) in [5.74, 6) is 1.46. The van der Waals surface area contributed by atoms with Gasteiger partial charge in [-0.3, -0.25) is 0 Å². The minimum absolute atomic E-state index is 0.211. The minimum Gasteiger partial charge on any atom is -0.444 e. The van der Waals surface area contributed by atoms with E-state index in [1.165, 1.54) is 4.88 Å². The van der Waals surface area contributed by atoms with Gasteiger partial charge < -0.3 is 19.9 Å². The first-order valence-electron chi connectivity index (χ1n) is 10.6. The number of rotatable bonds is 6. The lowest BCUT2D eigenvalue weighted by atomic mass is 9.96. The van der Waals surface area contributed by atoms with Crippen LogP contribution >= 0.6 is 11.3 Å². The van der Waals surface area contributed by atoms with Crippen LogP contribution in [-0.4, -0.2) is 65.2 Å². The first-order valence-corrected chi connectivity index (χ1v) is 11.5. The highest BCUT2D eigenvalue weighted by molar-refractivity contribution is 7.11. The Bertz CT molecular complexity index is 675. The lowest BCUT2D eigenvalue weighted by Crippen LogP contribution is -2.47. The van der Waals surface area contributed by atoms with Crippen molar-refractivity contribution in [2.24, 2.45) is 10.9 Å². The fraction of sp³-hybridized carbons (Fsp3) is 0.762. The molecular formula is C21H37N5O2S. The molecule has 0 spiro atoms. The maximum atomic E-state index is 12.4. The molecule has 2 rings (SSSR count). The number of amides is 1. The zero-order chi connectivity index (χ0) is 21.4. The standard InChI is InChI=1S/C21H37N5O2S/c1-7-22-19(24-14-18-13-23-16(3)29-18)26-11-9-17(10-12-26)15-25(8-2)20(27)28-21(4,5)6/h13,17H,7-12,14-15H2,1-6H3,(H,22,24). The molecule has 7 nitrogen and oxygen atoms in total. The molecule has 0 atom stereocenters. The summed E-state index contributed by atoms with van der Waals surface area (Å²) < 4.78 is 5.54.